The number of benzene rings is 1. The molecule has 1 amide bonds. The topological polar surface area (TPSA) is 94.8 Å². The van der Waals surface area contributed by atoms with E-state index in [0.717, 1.165) is 22.5 Å². The van der Waals surface area contributed by atoms with Gasteiger partial charge >= 0.3 is 11.9 Å². The maximum Gasteiger partial charge on any atom is 0.348 e. The standard InChI is InChI=1S/C25H24ClNO6S/c1-5-31-24(29)21-15(4)22(25(30)32-6-2)34-23(21)27-20(28)12-10-17-9-11-19(33-17)16-8-7-14(3)18(26)13-16/h7-13H,5-6H2,1-4H3,(H,27,28)/b12-10+. The van der Waals surface area contributed by atoms with Crippen molar-refractivity contribution < 1.29 is 28.3 Å². The lowest BCUT2D eigenvalue weighted by atomic mass is 10.1. The summed E-state index contributed by atoms with van der Waals surface area (Å²) in [6.45, 7) is 7.24. The van der Waals surface area contributed by atoms with Gasteiger partial charge in [0.15, 0.2) is 0 Å². The Morgan fingerprint density at radius 3 is 2.44 bits per heavy atom. The van der Waals surface area contributed by atoms with E-state index >= 15 is 0 Å². The Bertz CT molecular complexity index is 1260. The number of aryl methyl sites for hydroxylation is 1. The lowest BCUT2D eigenvalue weighted by Crippen LogP contribution is -2.12. The fourth-order valence-corrected chi connectivity index (χ4v) is 4.37. The van der Waals surface area contributed by atoms with Crippen molar-refractivity contribution in [3.8, 4) is 11.3 Å². The summed E-state index contributed by atoms with van der Waals surface area (Å²) >= 11 is 7.15. The second-order valence-corrected chi connectivity index (χ2v) is 8.62. The molecule has 0 aliphatic carbocycles. The summed E-state index contributed by atoms with van der Waals surface area (Å²) in [5, 5.41) is 3.50. The predicted octanol–water partition coefficient (Wildman–Crippen LogP) is 6.28. The number of ether oxygens (including phenoxy) is 2. The first-order valence-corrected chi connectivity index (χ1v) is 11.8. The molecule has 7 nitrogen and oxygen atoms in total. The fraction of sp³-hybridized carbons (Fsp3) is 0.240. The first kappa shape index (κ1) is 25.3. The summed E-state index contributed by atoms with van der Waals surface area (Å²) in [5.74, 6) is -0.621. The van der Waals surface area contributed by atoms with Gasteiger partial charge in [0.2, 0.25) is 5.91 Å². The van der Waals surface area contributed by atoms with E-state index in [2.05, 4.69) is 5.32 Å². The lowest BCUT2D eigenvalue weighted by molar-refractivity contribution is -0.111. The van der Waals surface area contributed by atoms with Crippen LogP contribution in [0.3, 0.4) is 0 Å². The van der Waals surface area contributed by atoms with Crippen molar-refractivity contribution >= 4 is 51.9 Å². The number of halogens is 1. The molecule has 0 saturated carbocycles. The molecular formula is C25H24ClNO6S. The molecule has 0 aliphatic rings. The summed E-state index contributed by atoms with van der Waals surface area (Å²) in [4.78, 5) is 37.5. The molecule has 0 radical (unpaired) electrons. The van der Waals surface area contributed by atoms with E-state index in [1.165, 1.54) is 12.2 Å². The van der Waals surface area contributed by atoms with Crippen LogP contribution in [-0.2, 0) is 14.3 Å². The van der Waals surface area contributed by atoms with E-state index in [1.807, 2.05) is 25.1 Å². The first-order chi connectivity index (χ1) is 16.2. The van der Waals surface area contributed by atoms with Crippen molar-refractivity contribution in [3.05, 3.63) is 68.8 Å². The van der Waals surface area contributed by atoms with Gasteiger partial charge in [0.1, 0.15) is 21.4 Å². The van der Waals surface area contributed by atoms with Gasteiger partial charge < -0.3 is 19.2 Å². The Balaban J connectivity index is 1.79. The monoisotopic (exact) mass is 501 g/mol. The Morgan fingerprint density at radius 1 is 1.06 bits per heavy atom. The largest absolute Gasteiger partial charge is 0.462 e. The zero-order valence-electron chi connectivity index (χ0n) is 19.2. The molecule has 3 rings (SSSR count). The lowest BCUT2D eigenvalue weighted by Gasteiger charge is -2.05. The minimum atomic E-state index is -0.626. The predicted molar refractivity (Wildman–Crippen MR) is 133 cm³/mol. The highest BCUT2D eigenvalue weighted by atomic mass is 35.5. The van der Waals surface area contributed by atoms with Crippen LogP contribution in [0.25, 0.3) is 17.4 Å². The van der Waals surface area contributed by atoms with Gasteiger partial charge in [-0.25, -0.2) is 9.59 Å². The number of furan rings is 1. The van der Waals surface area contributed by atoms with Gasteiger partial charge in [-0.05, 0) is 63.1 Å². The van der Waals surface area contributed by atoms with E-state index in [0.29, 0.717) is 22.1 Å². The van der Waals surface area contributed by atoms with Gasteiger partial charge in [-0.2, -0.15) is 0 Å². The third kappa shape index (κ3) is 5.76. The van der Waals surface area contributed by atoms with Crippen molar-refractivity contribution in [3.63, 3.8) is 0 Å². The second kappa shape index (κ2) is 11.2. The number of esters is 2. The molecule has 1 aromatic carbocycles. The van der Waals surface area contributed by atoms with E-state index in [9.17, 15) is 14.4 Å². The maximum absolute atomic E-state index is 12.6. The maximum atomic E-state index is 12.6. The van der Waals surface area contributed by atoms with Crippen molar-refractivity contribution in [1.29, 1.82) is 0 Å². The third-order valence-electron chi connectivity index (χ3n) is 4.81. The van der Waals surface area contributed by atoms with E-state index < -0.39 is 17.8 Å². The summed E-state index contributed by atoms with van der Waals surface area (Å²) in [6, 6.07) is 9.12. The van der Waals surface area contributed by atoms with Crippen LogP contribution in [0.15, 0.2) is 40.8 Å². The zero-order chi connectivity index (χ0) is 24.8. The number of rotatable bonds is 8. The summed E-state index contributed by atoms with van der Waals surface area (Å²) in [6.07, 6.45) is 2.78. The van der Waals surface area contributed by atoms with Crippen molar-refractivity contribution in [2.45, 2.75) is 27.7 Å². The Morgan fingerprint density at radius 2 is 1.76 bits per heavy atom. The molecule has 178 valence electrons. The Labute approximate surface area is 206 Å². The SMILES string of the molecule is CCOC(=O)c1sc(NC(=O)/C=C/c2ccc(-c3ccc(C)c(Cl)c3)o2)c(C(=O)OCC)c1C. The molecule has 0 spiro atoms. The van der Waals surface area contributed by atoms with Crippen LogP contribution >= 0.6 is 22.9 Å². The molecule has 1 N–H and O–H groups in total. The number of nitrogens with one attached hydrogen (secondary N) is 1. The summed E-state index contributed by atoms with van der Waals surface area (Å²) < 4.78 is 15.9. The quantitative estimate of drug-likeness (QED) is 0.288. The molecule has 34 heavy (non-hydrogen) atoms. The van der Waals surface area contributed by atoms with Gasteiger partial charge in [0.25, 0.3) is 0 Å². The molecule has 0 atom stereocenters. The summed E-state index contributed by atoms with van der Waals surface area (Å²) in [5.41, 5.74) is 2.31. The summed E-state index contributed by atoms with van der Waals surface area (Å²) in [7, 11) is 0. The van der Waals surface area contributed by atoms with Crippen LogP contribution in [-0.4, -0.2) is 31.1 Å². The molecule has 0 aliphatic heterocycles. The zero-order valence-corrected chi connectivity index (χ0v) is 20.8. The van der Waals surface area contributed by atoms with E-state index in [1.54, 1.807) is 32.9 Å². The number of hydrogen-bond acceptors (Lipinski definition) is 7. The molecule has 3 aromatic rings. The van der Waals surface area contributed by atoms with Gasteiger partial charge in [0.05, 0.1) is 18.8 Å². The second-order valence-electron chi connectivity index (χ2n) is 7.19. The molecule has 2 aromatic heterocycles. The number of hydrogen-bond donors (Lipinski definition) is 1. The van der Waals surface area contributed by atoms with Crippen molar-refractivity contribution in [1.82, 2.24) is 0 Å². The minimum absolute atomic E-state index is 0.133. The normalized spacial score (nSPS) is 11.0. The number of thiophene rings is 1. The highest BCUT2D eigenvalue weighted by Crippen LogP contribution is 2.34. The molecule has 0 saturated heterocycles. The molecule has 2 heterocycles. The van der Waals surface area contributed by atoms with E-state index in [-0.39, 0.29) is 28.7 Å². The molecule has 9 heteroatoms. The number of amides is 1. The van der Waals surface area contributed by atoms with E-state index in [4.69, 9.17) is 25.5 Å². The Kier molecular flexibility index (Phi) is 8.31. The van der Waals surface area contributed by atoms with Crippen molar-refractivity contribution in [2.75, 3.05) is 18.5 Å². The van der Waals surface area contributed by atoms with Crippen LogP contribution in [0.2, 0.25) is 5.02 Å². The third-order valence-corrected chi connectivity index (χ3v) is 6.40. The van der Waals surface area contributed by atoms with Crippen LogP contribution < -0.4 is 5.32 Å². The Hall–Kier alpha value is -3.36. The van der Waals surface area contributed by atoms with Gasteiger partial charge in [0, 0.05) is 16.7 Å². The van der Waals surface area contributed by atoms with Crippen LogP contribution in [0.4, 0.5) is 5.00 Å². The molecular weight excluding hydrogens is 478 g/mol. The van der Waals surface area contributed by atoms with Crippen LogP contribution in [0.5, 0.6) is 0 Å². The molecule has 0 fully saturated rings. The smallest absolute Gasteiger partial charge is 0.348 e. The number of anilines is 1. The molecule has 0 unspecified atom stereocenters. The molecule has 0 bridgehead atoms. The first-order valence-electron chi connectivity index (χ1n) is 10.6. The van der Waals surface area contributed by atoms with Crippen LogP contribution in [0.1, 0.15) is 50.8 Å². The van der Waals surface area contributed by atoms with Crippen LogP contribution in [0, 0.1) is 13.8 Å². The highest BCUT2D eigenvalue weighted by Gasteiger charge is 2.27. The average molecular weight is 502 g/mol. The van der Waals surface area contributed by atoms with Crippen molar-refractivity contribution in [2.24, 2.45) is 0 Å². The van der Waals surface area contributed by atoms with Gasteiger partial charge in [-0.3, -0.25) is 4.79 Å². The minimum Gasteiger partial charge on any atom is -0.462 e. The highest BCUT2D eigenvalue weighted by molar-refractivity contribution is 7.18. The fourth-order valence-electron chi connectivity index (χ4n) is 3.10. The van der Waals surface area contributed by atoms with Gasteiger partial charge in [-0.15, -0.1) is 11.3 Å². The van der Waals surface area contributed by atoms with Gasteiger partial charge in [-0.1, -0.05) is 23.7 Å². The number of carbonyl (C=O) groups is 3. The average Bonchev–Trinajstić information content (AvgIpc) is 3.39. The number of carbonyl (C=O) groups excluding carboxylic acids is 3.